The second kappa shape index (κ2) is 20.8. The highest BCUT2D eigenvalue weighted by Gasteiger charge is 2.49. The largest absolute Gasteiger partial charge is 0.461 e. The van der Waals surface area contributed by atoms with Crippen LogP contribution in [0, 0.1) is 11.3 Å². The van der Waals surface area contributed by atoms with Gasteiger partial charge in [-0.15, -0.1) is 0 Å². The summed E-state index contributed by atoms with van der Waals surface area (Å²) >= 11 is 0. The molecule has 4 nitrogen and oxygen atoms in total. The van der Waals surface area contributed by atoms with Crippen LogP contribution in [0.3, 0.4) is 0 Å². The van der Waals surface area contributed by atoms with Crippen molar-refractivity contribution in [1.82, 2.24) is 0 Å². The Morgan fingerprint density at radius 1 is 0.946 bits per heavy atom. The predicted molar refractivity (Wildman–Crippen MR) is 157 cm³/mol. The van der Waals surface area contributed by atoms with Crippen molar-refractivity contribution in [3.8, 4) is 0 Å². The minimum absolute atomic E-state index is 0.0474. The third-order valence-corrected chi connectivity index (χ3v) is 8.07. The van der Waals surface area contributed by atoms with Gasteiger partial charge in [-0.1, -0.05) is 104 Å². The lowest BCUT2D eigenvalue weighted by Gasteiger charge is -2.29. The van der Waals surface area contributed by atoms with Gasteiger partial charge in [0, 0.05) is 6.42 Å². The van der Waals surface area contributed by atoms with Crippen molar-refractivity contribution in [2.75, 3.05) is 6.61 Å². The van der Waals surface area contributed by atoms with Crippen LogP contribution in [-0.4, -0.2) is 35.0 Å². The summed E-state index contributed by atoms with van der Waals surface area (Å²) in [5.74, 6) is 0.0346. The van der Waals surface area contributed by atoms with Gasteiger partial charge in [-0.3, -0.25) is 4.79 Å². The quantitative estimate of drug-likeness (QED) is 0.114. The highest BCUT2D eigenvalue weighted by atomic mass is 16.5. The number of carbonyl (C=O) groups excluding carboxylic acids is 1. The average Bonchev–Trinajstić information content (AvgIpc) is 2.98. The van der Waals surface area contributed by atoms with Gasteiger partial charge >= 0.3 is 5.97 Å². The van der Waals surface area contributed by atoms with Crippen molar-refractivity contribution in [3.63, 3.8) is 0 Å². The maximum Gasteiger partial charge on any atom is 0.306 e. The molecule has 0 aromatic rings. The molecular weight excluding hydrogens is 460 g/mol. The van der Waals surface area contributed by atoms with Gasteiger partial charge in [0.2, 0.25) is 0 Å². The summed E-state index contributed by atoms with van der Waals surface area (Å²) in [5.41, 5.74) is 1.11. The highest BCUT2D eigenvalue weighted by Crippen LogP contribution is 2.50. The molecule has 2 aliphatic carbocycles. The molecule has 0 amide bonds. The summed E-state index contributed by atoms with van der Waals surface area (Å²) in [6, 6.07) is 0. The number of rotatable bonds is 17. The Labute approximate surface area is 229 Å². The Balaban J connectivity index is 0.00000217. The molecule has 3 unspecified atom stereocenters. The predicted octanol–water partition coefficient (Wildman–Crippen LogP) is 8.84. The number of allylic oxidation sites excluding steroid dienone is 3. The third kappa shape index (κ3) is 14.6. The number of esters is 1. The zero-order valence-corrected chi connectivity index (χ0v) is 24.8. The molecule has 0 aromatic heterocycles. The number of hydrogen-bond donors (Lipinski definition) is 2. The van der Waals surface area contributed by atoms with Crippen molar-refractivity contribution in [3.05, 3.63) is 23.8 Å². The first-order valence-electron chi connectivity index (χ1n) is 15.7. The standard InChI is InChI=1S/C30H52O4.C3H8/c1-3-4-5-6-7-8-9-10-11-12-13-14-15-16-17-18-28(32)34-24-25-19-20-26-29(33)27(31)23-30(26,2)22-21-25;1-3-2/h10-11,21,26-27,29,31,33H,3-9,12-20,22-24H2,1-2H3;3H2,1-2H3/b11-10-;/t26?,27?,29-,30?;/m1./s1. The molecule has 2 aliphatic rings. The first-order valence-corrected chi connectivity index (χ1v) is 15.7. The van der Waals surface area contributed by atoms with Crippen LogP contribution in [0.1, 0.15) is 150 Å². The van der Waals surface area contributed by atoms with Gasteiger partial charge < -0.3 is 14.9 Å². The normalized spacial score (nSPS) is 25.2. The molecule has 2 N–H and O–H groups in total. The molecule has 0 heterocycles. The Kier molecular flexibility index (Phi) is 19.0. The first kappa shape index (κ1) is 33.9. The summed E-state index contributed by atoms with van der Waals surface area (Å²) in [7, 11) is 0. The van der Waals surface area contributed by atoms with Crippen LogP contribution in [0.5, 0.6) is 0 Å². The van der Waals surface area contributed by atoms with Gasteiger partial charge in [0.25, 0.3) is 0 Å². The lowest BCUT2D eigenvalue weighted by Crippen LogP contribution is -2.29. The van der Waals surface area contributed by atoms with E-state index < -0.39 is 12.2 Å². The van der Waals surface area contributed by atoms with E-state index in [0.717, 1.165) is 37.7 Å². The van der Waals surface area contributed by atoms with Crippen molar-refractivity contribution in [2.24, 2.45) is 11.3 Å². The van der Waals surface area contributed by atoms with Crippen LogP contribution < -0.4 is 0 Å². The molecule has 1 fully saturated rings. The highest BCUT2D eigenvalue weighted by molar-refractivity contribution is 5.69. The summed E-state index contributed by atoms with van der Waals surface area (Å²) in [6.07, 6.45) is 26.9. The van der Waals surface area contributed by atoms with Crippen molar-refractivity contribution >= 4 is 5.97 Å². The molecule has 216 valence electrons. The number of hydrogen-bond acceptors (Lipinski definition) is 4. The van der Waals surface area contributed by atoms with Crippen molar-refractivity contribution in [2.45, 2.75) is 162 Å². The summed E-state index contributed by atoms with van der Waals surface area (Å²) < 4.78 is 5.53. The van der Waals surface area contributed by atoms with E-state index in [9.17, 15) is 15.0 Å². The topological polar surface area (TPSA) is 66.8 Å². The third-order valence-electron chi connectivity index (χ3n) is 8.07. The molecule has 0 aliphatic heterocycles. The molecule has 0 aromatic carbocycles. The SMILES string of the molecule is CCC.CCCCCCCC/C=C\CCCCCCCC(=O)OCC1=CCC2(C)CC(O)[C@H](O)C2CC1. The molecule has 1 saturated carbocycles. The van der Waals surface area contributed by atoms with Crippen molar-refractivity contribution < 1.29 is 19.7 Å². The zero-order valence-electron chi connectivity index (χ0n) is 24.8. The number of aliphatic hydroxyl groups excluding tert-OH is 2. The fourth-order valence-corrected chi connectivity index (χ4v) is 5.72. The number of ether oxygens (including phenoxy) is 1. The van der Waals surface area contributed by atoms with E-state index in [0.29, 0.717) is 19.4 Å². The van der Waals surface area contributed by atoms with E-state index in [-0.39, 0.29) is 17.3 Å². The van der Waals surface area contributed by atoms with Crippen molar-refractivity contribution in [1.29, 1.82) is 0 Å². The monoisotopic (exact) mass is 520 g/mol. The molecule has 4 heteroatoms. The summed E-state index contributed by atoms with van der Waals surface area (Å²) in [5, 5.41) is 20.3. The van der Waals surface area contributed by atoms with E-state index in [1.54, 1.807) is 0 Å². The zero-order chi connectivity index (χ0) is 27.4. The van der Waals surface area contributed by atoms with E-state index in [4.69, 9.17) is 4.74 Å². The van der Waals surface area contributed by atoms with Gasteiger partial charge in [0.05, 0.1) is 12.2 Å². The van der Waals surface area contributed by atoms with Crippen LogP contribution in [-0.2, 0) is 9.53 Å². The van der Waals surface area contributed by atoms with Gasteiger partial charge in [-0.25, -0.2) is 0 Å². The van der Waals surface area contributed by atoms with Gasteiger partial charge in [0.1, 0.15) is 6.61 Å². The Hall–Kier alpha value is -1.13. The Morgan fingerprint density at radius 3 is 2.14 bits per heavy atom. The smallest absolute Gasteiger partial charge is 0.306 e. The molecule has 37 heavy (non-hydrogen) atoms. The Morgan fingerprint density at radius 2 is 1.51 bits per heavy atom. The lowest BCUT2D eigenvalue weighted by atomic mass is 9.76. The number of unbranched alkanes of at least 4 members (excludes halogenated alkanes) is 11. The number of aliphatic hydroxyl groups is 2. The molecule has 2 rings (SSSR count). The molecule has 0 saturated heterocycles. The van der Waals surface area contributed by atoms with E-state index >= 15 is 0 Å². The Bertz CT molecular complexity index is 640. The van der Waals surface area contributed by atoms with Crippen LogP contribution in [0.25, 0.3) is 0 Å². The fourth-order valence-electron chi connectivity index (χ4n) is 5.72. The average molecular weight is 521 g/mol. The van der Waals surface area contributed by atoms with Gasteiger partial charge in [0.15, 0.2) is 0 Å². The maximum atomic E-state index is 12.1. The van der Waals surface area contributed by atoms with E-state index in [2.05, 4.69) is 45.9 Å². The second-order valence-electron chi connectivity index (χ2n) is 11.8. The first-order chi connectivity index (χ1) is 17.9. The fraction of sp³-hybridized carbons (Fsp3) is 0.848. The van der Waals surface area contributed by atoms with Gasteiger partial charge in [-0.05, 0) is 74.7 Å². The van der Waals surface area contributed by atoms with Crippen LogP contribution in [0.2, 0.25) is 0 Å². The van der Waals surface area contributed by atoms with Gasteiger partial charge in [-0.2, -0.15) is 0 Å². The van der Waals surface area contributed by atoms with E-state index in [1.165, 1.54) is 77.0 Å². The van der Waals surface area contributed by atoms with Crippen LogP contribution in [0.4, 0.5) is 0 Å². The molecule has 4 atom stereocenters. The minimum Gasteiger partial charge on any atom is -0.461 e. The van der Waals surface area contributed by atoms with Crippen LogP contribution >= 0.6 is 0 Å². The van der Waals surface area contributed by atoms with E-state index in [1.807, 2.05) is 0 Å². The number of fused-ring (bicyclic) bond motifs is 1. The summed E-state index contributed by atoms with van der Waals surface area (Å²) in [6.45, 7) is 9.06. The molecule has 0 spiro atoms. The maximum absolute atomic E-state index is 12.1. The minimum atomic E-state index is -0.624. The molecular formula is C33H60O4. The lowest BCUT2D eigenvalue weighted by molar-refractivity contribution is -0.142. The molecule has 0 bridgehead atoms. The second-order valence-corrected chi connectivity index (χ2v) is 11.8. The summed E-state index contributed by atoms with van der Waals surface area (Å²) in [4.78, 5) is 12.1. The number of carbonyl (C=O) groups is 1. The molecule has 0 radical (unpaired) electrons. The van der Waals surface area contributed by atoms with Crippen LogP contribution in [0.15, 0.2) is 23.8 Å².